The Kier molecular flexibility index (Phi) is 13.3. The van der Waals surface area contributed by atoms with Crippen LogP contribution < -0.4 is 0 Å². The summed E-state index contributed by atoms with van der Waals surface area (Å²) in [6.07, 6.45) is 7.37. The first-order valence-corrected chi connectivity index (χ1v) is 16.3. The van der Waals surface area contributed by atoms with Crippen molar-refractivity contribution in [1.29, 1.82) is 0 Å². The minimum absolute atomic E-state index is 0.0528. The molecule has 0 aromatic heterocycles. The summed E-state index contributed by atoms with van der Waals surface area (Å²) in [6.45, 7) is 6.99. The molecule has 0 N–H and O–H groups in total. The quantitative estimate of drug-likeness (QED) is 0.0631. The molecule has 4 heterocycles. The van der Waals surface area contributed by atoms with E-state index in [1.54, 1.807) is 0 Å². The summed E-state index contributed by atoms with van der Waals surface area (Å²) in [5.74, 6) is -1.31. The molecule has 4 rings (SSSR count). The lowest BCUT2D eigenvalue weighted by Gasteiger charge is -2.43. The van der Waals surface area contributed by atoms with Crippen molar-refractivity contribution in [1.82, 2.24) is 0 Å². The van der Waals surface area contributed by atoms with Gasteiger partial charge in [0.15, 0.2) is 0 Å². The van der Waals surface area contributed by atoms with Gasteiger partial charge < -0.3 is 37.9 Å². The van der Waals surface area contributed by atoms with E-state index in [0.717, 1.165) is 25.7 Å². The predicted octanol–water partition coefficient (Wildman–Crippen LogP) is 3.45. The molecule has 6 unspecified atom stereocenters. The Hall–Kier alpha value is -2.28. The van der Waals surface area contributed by atoms with Crippen LogP contribution in [0.5, 0.6) is 0 Å². The average molecular weight is 627 g/mol. The number of carbonyl (C=O) groups is 4. The summed E-state index contributed by atoms with van der Waals surface area (Å²) < 4.78 is 42.4. The summed E-state index contributed by atoms with van der Waals surface area (Å²) >= 11 is 0. The molecule has 0 radical (unpaired) electrons. The van der Waals surface area contributed by atoms with Crippen LogP contribution in [0.1, 0.15) is 90.9 Å². The number of unbranched alkanes of at least 4 members (excludes halogenated alkanes) is 6. The molecule has 0 aliphatic carbocycles. The Morgan fingerprint density at radius 1 is 0.500 bits per heavy atom. The van der Waals surface area contributed by atoms with Gasteiger partial charge in [0.25, 0.3) is 0 Å². The Morgan fingerprint density at radius 3 is 1.11 bits per heavy atom. The van der Waals surface area contributed by atoms with E-state index < -0.39 is 22.8 Å². The lowest BCUT2D eigenvalue weighted by atomic mass is 9.60. The van der Waals surface area contributed by atoms with Crippen molar-refractivity contribution in [2.75, 3.05) is 52.9 Å². The Bertz CT molecular complexity index is 879. The van der Waals surface area contributed by atoms with Gasteiger partial charge in [-0.3, -0.25) is 19.2 Å². The van der Waals surface area contributed by atoms with Gasteiger partial charge >= 0.3 is 23.9 Å². The standard InChI is InChI=1S/C32H50O12/c1-31(29(35)43-21-25-17-39-25,13-9-5-3-7-11-27(33)41-19-23-15-37-23)32(2,30(36)44-22-26-18-40-26)14-10-6-4-8-12-28(34)42-20-24-16-38-24/h23-26H,3-22H2,1-2H3. The summed E-state index contributed by atoms with van der Waals surface area (Å²) in [4.78, 5) is 51.3. The highest BCUT2D eigenvalue weighted by Gasteiger charge is 2.56. The molecule has 0 aromatic rings. The van der Waals surface area contributed by atoms with Crippen LogP contribution in [0.3, 0.4) is 0 Å². The zero-order chi connectivity index (χ0) is 31.4. The van der Waals surface area contributed by atoms with E-state index in [1.165, 1.54) is 0 Å². The fourth-order valence-electron chi connectivity index (χ4n) is 5.24. The smallest absolute Gasteiger partial charge is 0.313 e. The van der Waals surface area contributed by atoms with Crippen LogP contribution in [0.15, 0.2) is 0 Å². The highest BCUT2D eigenvalue weighted by Crippen LogP contribution is 2.49. The molecule has 4 saturated heterocycles. The van der Waals surface area contributed by atoms with Crippen molar-refractivity contribution in [2.45, 2.75) is 115 Å². The molecule has 0 spiro atoms. The molecule has 4 aliphatic heterocycles. The van der Waals surface area contributed by atoms with Gasteiger partial charge in [-0.05, 0) is 39.5 Å². The highest BCUT2D eigenvalue weighted by molar-refractivity contribution is 5.88. The predicted molar refractivity (Wildman–Crippen MR) is 154 cm³/mol. The molecule has 0 bridgehead atoms. The number of carbonyl (C=O) groups excluding carboxylic acids is 4. The molecule has 0 saturated carbocycles. The zero-order valence-corrected chi connectivity index (χ0v) is 26.4. The highest BCUT2D eigenvalue weighted by atomic mass is 16.6. The van der Waals surface area contributed by atoms with Gasteiger partial charge in [-0.25, -0.2) is 0 Å². The van der Waals surface area contributed by atoms with Crippen LogP contribution >= 0.6 is 0 Å². The van der Waals surface area contributed by atoms with Crippen LogP contribution in [0.25, 0.3) is 0 Å². The van der Waals surface area contributed by atoms with E-state index in [1.807, 2.05) is 13.8 Å². The topological polar surface area (TPSA) is 155 Å². The van der Waals surface area contributed by atoms with Crippen molar-refractivity contribution < 1.29 is 57.1 Å². The number of hydrogen-bond acceptors (Lipinski definition) is 12. The van der Waals surface area contributed by atoms with Gasteiger partial charge in [0, 0.05) is 12.8 Å². The number of esters is 4. The van der Waals surface area contributed by atoms with E-state index >= 15 is 0 Å². The van der Waals surface area contributed by atoms with Gasteiger partial charge in [-0.1, -0.05) is 38.5 Å². The second-order valence-corrected chi connectivity index (χ2v) is 12.9. The molecular weight excluding hydrogens is 576 g/mol. The number of epoxide rings is 4. The van der Waals surface area contributed by atoms with Crippen LogP contribution in [-0.2, 0) is 57.1 Å². The second-order valence-electron chi connectivity index (χ2n) is 12.9. The first kappa shape index (κ1) is 34.6. The first-order chi connectivity index (χ1) is 21.2. The van der Waals surface area contributed by atoms with Crippen molar-refractivity contribution in [3.05, 3.63) is 0 Å². The maximum atomic E-state index is 13.7. The fraction of sp³-hybridized carbons (Fsp3) is 0.875. The Labute approximate surface area is 260 Å². The second kappa shape index (κ2) is 16.9. The fourth-order valence-corrected chi connectivity index (χ4v) is 5.24. The largest absolute Gasteiger partial charge is 0.463 e. The van der Waals surface area contributed by atoms with Crippen LogP contribution in [0.4, 0.5) is 0 Å². The average Bonchev–Trinajstić information content (AvgIpc) is 3.85. The molecule has 250 valence electrons. The minimum Gasteiger partial charge on any atom is -0.463 e. The Balaban J connectivity index is 1.28. The van der Waals surface area contributed by atoms with Crippen molar-refractivity contribution >= 4 is 23.9 Å². The van der Waals surface area contributed by atoms with Gasteiger partial charge in [0.1, 0.15) is 50.8 Å². The molecule has 4 aliphatic rings. The molecular formula is C32H50O12. The summed E-state index contributed by atoms with van der Waals surface area (Å²) in [5.41, 5.74) is -2.28. The van der Waals surface area contributed by atoms with Crippen LogP contribution in [0.2, 0.25) is 0 Å². The minimum atomic E-state index is -1.14. The van der Waals surface area contributed by atoms with Crippen LogP contribution in [-0.4, -0.2) is 101 Å². The maximum absolute atomic E-state index is 13.7. The SMILES string of the molecule is CC(CCCCCCC(=O)OCC1CO1)(C(=O)OCC1CO1)C(C)(CCCCCCC(=O)OCC1CO1)C(=O)OCC1CO1. The van der Waals surface area contributed by atoms with Gasteiger partial charge in [0.2, 0.25) is 0 Å². The summed E-state index contributed by atoms with van der Waals surface area (Å²) in [5, 5.41) is 0. The monoisotopic (exact) mass is 626 g/mol. The van der Waals surface area contributed by atoms with Crippen molar-refractivity contribution in [3.8, 4) is 0 Å². The normalized spacial score (nSPS) is 25.6. The third-order valence-electron chi connectivity index (χ3n) is 9.00. The summed E-state index contributed by atoms with van der Waals surface area (Å²) in [7, 11) is 0. The zero-order valence-electron chi connectivity index (χ0n) is 26.4. The number of rotatable bonds is 25. The van der Waals surface area contributed by atoms with Gasteiger partial charge in [-0.15, -0.1) is 0 Å². The van der Waals surface area contributed by atoms with Crippen molar-refractivity contribution in [3.63, 3.8) is 0 Å². The molecule has 0 amide bonds. The van der Waals surface area contributed by atoms with E-state index in [0.29, 0.717) is 91.0 Å². The lowest BCUT2D eigenvalue weighted by molar-refractivity contribution is -0.181. The molecule has 12 heteroatoms. The van der Waals surface area contributed by atoms with E-state index in [-0.39, 0.29) is 49.6 Å². The third-order valence-corrected chi connectivity index (χ3v) is 9.00. The molecule has 12 nitrogen and oxygen atoms in total. The van der Waals surface area contributed by atoms with Crippen molar-refractivity contribution in [2.24, 2.45) is 10.8 Å². The van der Waals surface area contributed by atoms with Crippen LogP contribution in [0, 0.1) is 10.8 Å². The number of ether oxygens (including phenoxy) is 8. The van der Waals surface area contributed by atoms with E-state index in [4.69, 9.17) is 37.9 Å². The lowest BCUT2D eigenvalue weighted by Crippen LogP contribution is -2.51. The first-order valence-electron chi connectivity index (χ1n) is 16.3. The molecule has 6 atom stereocenters. The third kappa shape index (κ3) is 11.9. The maximum Gasteiger partial charge on any atom is 0.313 e. The Morgan fingerprint density at radius 2 is 0.795 bits per heavy atom. The number of hydrogen-bond donors (Lipinski definition) is 0. The summed E-state index contributed by atoms with van der Waals surface area (Å²) in [6, 6.07) is 0. The molecule has 4 fully saturated rings. The van der Waals surface area contributed by atoms with E-state index in [9.17, 15) is 19.2 Å². The van der Waals surface area contributed by atoms with E-state index in [2.05, 4.69) is 0 Å². The molecule has 44 heavy (non-hydrogen) atoms. The van der Waals surface area contributed by atoms with Gasteiger partial charge in [-0.2, -0.15) is 0 Å². The van der Waals surface area contributed by atoms with Gasteiger partial charge in [0.05, 0.1) is 37.3 Å². The molecule has 0 aromatic carbocycles.